The Morgan fingerprint density at radius 2 is 1.89 bits per heavy atom. The summed E-state index contributed by atoms with van der Waals surface area (Å²) in [6.45, 7) is 6.57. The molecule has 56 heavy (non-hydrogen) atoms. The minimum Gasteiger partial charge on any atom is -0.504 e. The largest absolute Gasteiger partial charge is 0.504 e. The molecule has 0 radical (unpaired) electrons. The second-order valence-electron chi connectivity index (χ2n) is 14.8. The Hall–Kier alpha value is -4.94. The SMILES string of the molecule is C=C1Oc2cc(OC)cc(C(=O)OC3COC(=O)C[C@H](N)c4cc(O)c(c(Cl)c4)O[C@@H]4C=C3C3=CC=CC34O[C@@H]3OC(C)(C)[C@@H](N(C)C)[C@H](O)[C@H]3O)c2NC1=O. The first-order valence-electron chi connectivity index (χ1n) is 17.7. The number of methoxy groups -OCH3 is 1. The molecular weight excluding hydrogens is 754 g/mol. The number of amides is 1. The van der Waals surface area contributed by atoms with Crippen LogP contribution in [0.15, 0.2) is 72.1 Å². The van der Waals surface area contributed by atoms with Crippen molar-refractivity contribution in [3.63, 3.8) is 0 Å². The van der Waals surface area contributed by atoms with Crippen LogP contribution in [0.5, 0.6) is 23.0 Å². The number of aromatic hydroxyl groups is 1. The van der Waals surface area contributed by atoms with Gasteiger partial charge >= 0.3 is 11.9 Å². The number of phenolic OH excluding ortho intramolecular Hbond substituents is 1. The molecule has 0 saturated carbocycles. The highest BCUT2D eigenvalue weighted by atomic mass is 35.5. The van der Waals surface area contributed by atoms with Gasteiger partial charge in [0.15, 0.2) is 47.1 Å². The summed E-state index contributed by atoms with van der Waals surface area (Å²) in [6, 6.07) is 4.00. The van der Waals surface area contributed by atoms with Gasteiger partial charge in [0.1, 0.15) is 24.6 Å². The van der Waals surface area contributed by atoms with Crippen molar-refractivity contribution in [2.24, 2.45) is 5.73 Å². The first-order valence-corrected chi connectivity index (χ1v) is 18.0. The fourth-order valence-corrected chi connectivity index (χ4v) is 8.11. The van der Waals surface area contributed by atoms with E-state index in [1.807, 2.05) is 0 Å². The number of allylic oxidation sites excluding steroid dienone is 2. The molecule has 2 unspecified atom stereocenters. The van der Waals surface area contributed by atoms with Gasteiger partial charge in [-0.1, -0.05) is 30.3 Å². The number of aliphatic hydroxyl groups excluding tert-OH is 2. The van der Waals surface area contributed by atoms with Crippen molar-refractivity contribution >= 4 is 35.1 Å². The number of anilines is 1. The number of benzene rings is 2. The molecule has 0 aromatic heterocycles. The summed E-state index contributed by atoms with van der Waals surface area (Å²) in [5, 5.41) is 36.5. The zero-order chi connectivity index (χ0) is 40.4. The second-order valence-corrected chi connectivity index (χ2v) is 15.2. The van der Waals surface area contributed by atoms with Crippen molar-refractivity contribution in [2.75, 3.05) is 33.1 Å². The molecule has 6 aliphatic rings. The molecule has 1 saturated heterocycles. The normalized spacial score (nSPS) is 30.5. The average Bonchev–Trinajstić information content (AvgIpc) is 3.66. The standard InChI is InChI=1S/C39H42ClN3O13/c1-17-35(48)42-30-21(12-19(50-6)13-26(30)52-17)36(49)53-27-16-51-29(45)15-24(41)18-10-23(40)33(25(44)11-18)54-28-14-20(27)22-8-7-9-39(22,28)56-37-32(47)31(46)34(43(4)5)38(2,3)55-37/h7-14,24,27-28,31-32,34,37,44,46-47H,1,15-16,41H2,2-6H3,(H,42,48)/t24-,27?,28+,31+,32+,34-,37-,39?/m0/s1. The van der Waals surface area contributed by atoms with Gasteiger partial charge in [-0.25, -0.2) is 4.79 Å². The number of fused-ring (bicyclic) bond motifs is 9. The molecule has 6 N–H and O–H groups in total. The smallest absolute Gasteiger partial charge is 0.341 e. The Kier molecular flexibility index (Phi) is 10.2. The molecule has 2 aromatic carbocycles. The van der Waals surface area contributed by atoms with Gasteiger partial charge in [-0.05, 0) is 69.4 Å². The summed E-state index contributed by atoms with van der Waals surface area (Å²) in [6.07, 6.45) is -0.762. The molecule has 4 bridgehead atoms. The molecule has 8 rings (SSSR count). The maximum absolute atomic E-state index is 14.2. The average molecular weight is 796 g/mol. The zero-order valence-electron chi connectivity index (χ0n) is 31.1. The topological polar surface area (TPSA) is 218 Å². The van der Waals surface area contributed by atoms with Crippen LogP contribution in [0.25, 0.3) is 0 Å². The lowest BCUT2D eigenvalue weighted by molar-refractivity contribution is -0.329. The van der Waals surface area contributed by atoms with Crippen LogP contribution in [0, 0.1) is 0 Å². The molecule has 2 aliphatic carbocycles. The number of likely N-dealkylation sites (N-methyl/N-ethyl adjacent to an activating group) is 1. The van der Waals surface area contributed by atoms with Crippen molar-refractivity contribution in [3.05, 3.63) is 88.2 Å². The Morgan fingerprint density at radius 3 is 2.59 bits per heavy atom. The van der Waals surface area contributed by atoms with Gasteiger partial charge in [0.2, 0.25) is 0 Å². The van der Waals surface area contributed by atoms with Crippen LogP contribution < -0.4 is 25.3 Å². The summed E-state index contributed by atoms with van der Waals surface area (Å²) >= 11 is 6.67. The van der Waals surface area contributed by atoms with E-state index in [1.54, 1.807) is 57.1 Å². The van der Waals surface area contributed by atoms with Gasteiger partial charge in [0.25, 0.3) is 5.91 Å². The lowest BCUT2D eigenvalue weighted by Gasteiger charge is -2.51. The van der Waals surface area contributed by atoms with E-state index >= 15 is 0 Å². The third-order valence-corrected chi connectivity index (χ3v) is 10.7. The third kappa shape index (κ3) is 6.80. The van der Waals surface area contributed by atoms with Crippen LogP contribution >= 0.6 is 11.6 Å². The van der Waals surface area contributed by atoms with Crippen LogP contribution in [0.1, 0.15) is 42.2 Å². The molecular formula is C39H42ClN3O13. The first kappa shape index (κ1) is 39.3. The van der Waals surface area contributed by atoms with Crippen LogP contribution in [0.4, 0.5) is 5.69 Å². The zero-order valence-corrected chi connectivity index (χ0v) is 31.9. The highest BCUT2D eigenvalue weighted by Crippen LogP contribution is 2.51. The quantitative estimate of drug-likeness (QED) is 0.210. The van der Waals surface area contributed by atoms with Crippen molar-refractivity contribution in [1.29, 1.82) is 0 Å². The van der Waals surface area contributed by atoms with E-state index < -0.39 is 84.2 Å². The number of ether oxygens (including phenoxy) is 7. The van der Waals surface area contributed by atoms with E-state index in [-0.39, 0.29) is 51.3 Å². The van der Waals surface area contributed by atoms with E-state index in [4.69, 9.17) is 50.5 Å². The molecule has 1 amide bonds. The summed E-state index contributed by atoms with van der Waals surface area (Å²) in [7, 11) is 4.88. The van der Waals surface area contributed by atoms with E-state index in [2.05, 4.69) is 11.9 Å². The predicted molar refractivity (Wildman–Crippen MR) is 198 cm³/mol. The van der Waals surface area contributed by atoms with E-state index in [0.29, 0.717) is 11.1 Å². The van der Waals surface area contributed by atoms with Gasteiger partial charge in [0, 0.05) is 17.7 Å². The van der Waals surface area contributed by atoms with Crippen LogP contribution in [0.2, 0.25) is 5.02 Å². The molecule has 0 spiro atoms. The molecule has 298 valence electrons. The molecule has 16 nitrogen and oxygen atoms in total. The summed E-state index contributed by atoms with van der Waals surface area (Å²) in [5.41, 5.74) is 4.35. The number of rotatable bonds is 6. The molecule has 8 atom stereocenters. The summed E-state index contributed by atoms with van der Waals surface area (Å²) < 4.78 is 42.2. The minimum absolute atomic E-state index is 0.00752. The third-order valence-electron chi connectivity index (χ3n) is 10.4. The highest BCUT2D eigenvalue weighted by molar-refractivity contribution is 6.32. The van der Waals surface area contributed by atoms with Crippen molar-refractivity contribution in [1.82, 2.24) is 4.90 Å². The number of nitrogens with zero attached hydrogens (tertiary/aromatic N) is 1. The number of phenols is 1. The summed E-state index contributed by atoms with van der Waals surface area (Å²) in [5.74, 6) is -2.90. The van der Waals surface area contributed by atoms with E-state index in [1.165, 1.54) is 31.4 Å². The monoisotopic (exact) mass is 795 g/mol. The van der Waals surface area contributed by atoms with Gasteiger partial charge in [-0.3, -0.25) is 9.59 Å². The highest BCUT2D eigenvalue weighted by Gasteiger charge is 2.58. The van der Waals surface area contributed by atoms with Crippen LogP contribution in [-0.2, 0) is 28.5 Å². The van der Waals surface area contributed by atoms with Crippen molar-refractivity contribution in [2.45, 2.75) is 74.3 Å². The predicted octanol–water partition coefficient (Wildman–Crippen LogP) is 2.80. The van der Waals surface area contributed by atoms with Gasteiger partial charge < -0.3 is 64.4 Å². The Labute approximate surface area is 326 Å². The summed E-state index contributed by atoms with van der Waals surface area (Å²) in [4.78, 5) is 41.7. The lowest BCUT2D eigenvalue weighted by atomic mass is 9.86. The first-order chi connectivity index (χ1) is 26.4. The molecule has 2 aromatic rings. The van der Waals surface area contributed by atoms with Gasteiger partial charge in [-0.2, -0.15) is 0 Å². The van der Waals surface area contributed by atoms with Crippen molar-refractivity contribution < 1.29 is 62.9 Å². The number of halogens is 1. The number of nitrogens with one attached hydrogen (secondary N) is 1. The molecule has 17 heteroatoms. The maximum atomic E-state index is 14.2. The van der Waals surface area contributed by atoms with Crippen LogP contribution in [0.3, 0.4) is 0 Å². The maximum Gasteiger partial charge on any atom is 0.341 e. The number of hydrogen-bond acceptors (Lipinski definition) is 15. The Bertz CT molecular complexity index is 2070. The Balaban J connectivity index is 1.32. The Morgan fingerprint density at radius 1 is 1.14 bits per heavy atom. The fraction of sp³-hybridized carbons (Fsp3) is 0.410. The van der Waals surface area contributed by atoms with E-state index in [9.17, 15) is 29.7 Å². The number of hydrogen-bond donors (Lipinski definition) is 5. The van der Waals surface area contributed by atoms with Gasteiger partial charge in [-0.15, -0.1) is 0 Å². The molecule has 4 heterocycles. The van der Waals surface area contributed by atoms with E-state index in [0.717, 1.165) is 0 Å². The molecule has 4 aliphatic heterocycles. The lowest BCUT2D eigenvalue weighted by Crippen LogP contribution is -2.68. The fourth-order valence-electron chi connectivity index (χ4n) is 7.84. The second kappa shape index (κ2) is 14.5. The van der Waals surface area contributed by atoms with Crippen molar-refractivity contribution in [3.8, 4) is 23.0 Å². The number of esters is 2. The molecule has 1 fully saturated rings. The number of aliphatic hydroxyl groups is 2. The minimum atomic E-state index is -1.67. The number of carbonyl (C=O) groups is 3. The number of nitrogens with two attached hydrogens (primary N) is 1. The van der Waals surface area contributed by atoms with Crippen LogP contribution in [-0.4, -0.2) is 114 Å². The van der Waals surface area contributed by atoms with Gasteiger partial charge in [0.05, 0.1) is 41.4 Å². The number of carbonyl (C=O) groups excluding carboxylic acids is 3.